The molecule has 2 atom stereocenters. The van der Waals surface area contributed by atoms with E-state index in [0.717, 1.165) is 26.1 Å². The number of nitrogens with one attached hydrogen (secondary N) is 1. The molecule has 1 rings (SSSR count). The summed E-state index contributed by atoms with van der Waals surface area (Å²) in [5.74, 6) is 0.625. The van der Waals surface area contributed by atoms with Gasteiger partial charge in [-0.25, -0.2) is 0 Å². The third-order valence-electron chi connectivity index (χ3n) is 2.08. The molecule has 1 fully saturated rings. The van der Waals surface area contributed by atoms with Crippen LogP contribution in [0.5, 0.6) is 0 Å². The van der Waals surface area contributed by atoms with E-state index in [1.54, 1.807) is 7.11 Å². The summed E-state index contributed by atoms with van der Waals surface area (Å²) in [5, 5.41) is 3.25. The highest BCUT2D eigenvalue weighted by molar-refractivity contribution is 4.83. The molecule has 1 saturated heterocycles. The highest BCUT2D eigenvalue weighted by Gasteiger charge is 2.22. The van der Waals surface area contributed by atoms with E-state index in [1.807, 2.05) is 0 Å². The normalized spacial score (nSPS) is 33.0. The number of hydrogen-bond donors (Lipinski definition) is 2. The molecule has 0 aromatic heterocycles. The van der Waals surface area contributed by atoms with Gasteiger partial charge in [0.25, 0.3) is 0 Å². The van der Waals surface area contributed by atoms with Gasteiger partial charge < -0.3 is 15.8 Å². The third-order valence-corrected chi connectivity index (χ3v) is 2.08. The summed E-state index contributed by atoms with van der Waals surface area (Å²) in [7, 11) is 1.73. The van der Waals surface area contributed by atoms with Crippen molar-refractivity contribution in [1.82, 2.24) is 5.32 Å². The summed E-state index contributed by atoms with van der Waals surface area (Å²) >= 11 is 0. The van der Waals surface area contributed by atoms with Crippen molar-refractivity contribution in [3.05, 3.63) is 0 Å². The second-order valence-electron chi connectivity index (χ2n) is 2.86. The van der Waals surface area contributed by atoms with E-state index in [1.165, 1.54) is 0 Å². The molecular formula is C7H16N2O. The van der Waals surface area contributed by atoms with E-state index in [0.29, 0.717) is 12.0 Å². The van der Waals surface area contributed by atoms with Crippen molar-refractivity contribution in [3.63, 3.8) is 0 Å². The van der Waals surface area contributed by atoms with Gasteiger partial charge in [-0.1, -0.05) is 0 Å². The minimum absolute atomic E-state index is 0.343. The Balaban J connectivity index is 2.14. The molecule has 0 unspecified atom stereocenters. The van der Waals surface area contributed by atoms with Gasteiger partial charge in [0.2, 0.25) is 0 Å². The Morgan fingerprint density at radius 1 is 1.60 bits per heavy atom. The molecule has 1 heterocycles. The Morgan fingerprint density at radius 2 is 2.40 bits per heavy atom. The Bertz CT molecular complexity index is 97.6. The first kappa shape index (κ1) is 7.98. The molecule has 0 aromatic rings. The molecule has 3 heteroatoms. The van der Waals surface area contributed by atoms with Crippen molar-refractivity contribution in [3.8, 4) is 0 Å². The van der Waals surface area contributed by atoms with E-state index in [2.05, 4.69) is 5.32 Å². The number of hydrogen-bond acceptors (Lipinski definition) is 3. The summed E-state index contributed by atoms with van der Waals surface area (Å²) in [5.41, 5.74) is 5.80. The molecule has 0 spiro atoms. The van der Waals surface area contributed by atoms with Crippen molar-refractivity contribution >= 4 is 0 Å². The molecule has 0 amide bonds. The quantitative estimate of drug-likeness (QED) is 0.565. The molecule has 1 aliphatic heterocycles. The SMILES string of the molecule is COCC[C@H]1CNC[C@H]1N. The van der Waals surface area contributed by atoms with Crippen LogP contribution in [0.1, 0.15) is 6.42 Å². The standard InChI is InChI=1S/C7H16N2O/c1-10-3-2-6-4-9-5-7(6)8/h6-7,9H,2-5,8H2,1H3/t6-,7+/m0/s1. The van der Waals surface area contributed by atoms with Crippen molar-refractivity contribution in [2.45, 2.75) is 12.5 Å². The maximum Gasteiger partial charge on any atom is 0.0465 e. The predicted octanol–water partition coefficient (Wildman–Crippen LogP) is -0.430. The first-order chi connectivity index (χ1) is 4.84. The number of rotatable bonds is 3. The fourth-order valence-corrected chi connectivity index (χ4v) is 1.34. The van der Waals surface area contributed by atoms with Crippen molar-refractivity contribution in [2.75, 3.05) is 26.8 Å². The second-order valence-corrected chi connectivity index (χ2v) is 2.86. The molecule has 3 nitrogen and oxygen atoms in total. The monoisotopic (exact) mass is 144 g/mol. The van der Waals surface area contributed by atoms with Crippen LogP contribution in [-0.2, 0) is 4.74 Å². The van der Waals surface area contributed by atoms with Gasteiger partial charge in [-0.3, -0.25) is 0 Å². The van der Waals surface area contributed by atoms with Crippen molar-refractivity contribution < 1.29 is 4.74 Å². The maximum absolute atomic E-state index is 5.80. The fourth-order valence-electron chi connectivity index (χ4n) is 1.34. The van der Waals surface area contributed by atoms with Gasteiger partial charge in [0.05, 0.1) is 0 Å². The van der Waals surface area contributed by atoms with E-state index in [9.17, 15) is 0 Å². The Morgan fingerprint density at radius 3 is 2.90 bits per heavy atom. The zero-order valence-corrected chi connectivity index (χ0v) is 6.47. The Kier molecular flexibility index (Phi) is 3.12. The van der Waals surface area contributed by atoms with E-state index < -0.39 is 0 Å². The van der Waals surface area contributed by atoms with Crippen LogP contribution in [0.2, 0.25) is 0 Å². The lowest BCUT2D eigenvalue weighted by Crippen LogP contribution is -2.29. The first-order valence-electron chi connectivity index (χ1n) is 3.80. The van der Waals surface area contributed by atoms with Crippen molar-refractivity contribution in [2.24, 2.45) is 11.7 Å². The molecule has 10 heavy (non-hydrogen) atoms. The number of methoxy groups -OCH3 is 1. The average Bonchev–Trinajstić information content (AvgIpc) is 2.31. The molecule has 0 aliphatic carbocycles. The minimum atomic E-state index is 0.343. The van der Waals surface area contributed by atoms with E-state index >= 15 is 0 Å². The van der Waals surface area contributed by atoms with Gasteiger partial charge in [-0.05, 0) is 18.9 Å². The lowest BCUT2D eigenvalue weighted by atomic mass is 10.0. The summed E-state index contributed by atoms with van der Waals surface area (Å²) in [6.07, 6.45) is 1.09. The minimum Gasteiger partial charge on any atom is -0.385 e. The van der Waals surface area contributed by atoms with E-state index in [-0.39, 0.29) is 0 Å². The topological polar surface area (TPSA) is 47.3 Å². The summed E-state index contributed by atoms with van der Waals surface area (Å²) in [4.78, 5) is 0. The summed E-state index contributed by atoms with van der Waals surface area (Å²) in [6.45, 7) is 2.86. The maximum atomic E-state index is 5.80. The van der Waals surface area contributed by atoms with Crippen LogP contribution in [0.25, 0.3) is 0 Å². The average molecular weight is 144 g/mol. The molecule has 0 bridgehead atoms. The highest BCUT2D eigenvalue weighted by Crippen LogP contribution is 2.10. The molecule has 0 aromatic carbocycles. The van der Waals surface area contributed by atoms with Gasteiger partial charge in [-0.2, -0.15) is 0 Å². The zero-order chi connectivity index (χ0) is 7.40. The van der Waals surface area contributed by atoms with E-state index in [4.69, 9.17) is 10.5 Å². The van der Waals surface area contributed by atoms with Crippen LogP contribution < -0.4 is 11.1 Å². The van der Waals surface area contributed by atoms with Gasteiger partial charge in [0, 0.05) is 26.3 Å². The molecule has 3 N–H and O–H groups in total. The molecule has 60 valence electrons. The fraction of sp³-hybridized carbons (Fsp3) is 1.00. The van der Waals surface area contributed by atoms with Crippen molar-refractivity contribution in [1.29, 1.82) is 0 Å². The highest BCUT2D eigenvalue weighted by atomic mass is 16.5. The van der Waals surface area contributed by atoms with Crippen LogP contribution in [0.4, 0.5) is 0 Å². The molecule has 1 aliphatic rings. The Labute approximate surface area is 61.9 Å². The van der Waals surface area contributed by atoms with Crippen LogP contribution in [0.15, 0.2) is 0 Å². The Hall–Kier alpha value is -0.120. The first-order valence-corrected chi connectivity index (χ1v) is 3.80. The smallest absolute Gasteiger partial charge is 0.0465 e. The third kappa shape index (κ3) is 1.94. The van der Waals surface area contributed by atoms with Gasteiger partial charge in [0.15, 0.2) is 0 Å². The summed E-state index contributed by atoms with van der Waals surface area (Å²) < 4.78 is 4.97. The van der Waals surface area contributed by atoms with Crippen LogP contribution in [0, 0.1) is 5.92 Å². The number of nitrogens with two attached hydrogens (primary N) is 1. The van der Waals surface area contributed by atoms with Gasteiger partial charge in [-0.15, -0.1) is 0 Å². The van der Waals surface area contributed by atoms with Gasteiger partial charge >= 0.3 is 0 Å². The van der Waals surface area contributed by atoms with Crippen LogP contribution in [0.3, 0.4) is 0 Å². The zero-order valence-electron chi connectivity index (χ0n) is 6.47. The molecule has 0 saturated carbocycles. The molecule has 0 radical (unpaired) electrons. The number of ether oxygens (including phenoxy) is 1. The van der Waals surface area contributed by atoms with Crippen LogP contribution in [-0.4, -0.2) is 32.8 Å². The molecular weight excluding hydrogens is 128 g/mol. The van der Waals surface area contributed by atoms with Crippen LogP contribution >= 0.6 is 0 Å². The van der Waals surface area contributed by atoms with Gasteiger partial charge in [0.1, 0.15) is 0 Å². The summed E-state index contributed by atoms with van der Waals surface area (Å²) in [6, 6.07) is 0.343. The largest absolute Gasteiger partial charge is 0.385 e. The predicted molar refractivity (Wildman–Crippen MR) is 40.8 cm³/mol. The lowest BCUT2D eigenvalue weighted by molar-refractivity contribution is 0.177. The lowest BCUT2D eigenvalue weighted by Gasteiger charge is -2.12. The second kappa shape index (κ2) is 3.91.